The molecular formula is C16H23N3. The highest BCUT2D eigenvalue weighted by Crippen LogP contribution is 2.24. The highest BCUT2D eigenvalue weighted by Gasteiger charge is 2.09. The third-order valence-corrected chi connectivity index (χ3v) is 3.26. The van der Waals surface area contributed by atoms with Crippen LogP contribution in [-0.4, -0.2) is 16.3 Å². The molecule has 3 nitrogen and oxygen atoms in total. The Morgan fingerprint density at radius 2 is 2.11 bits per heavy atom. The number of aromatic nitrogens is 2. The maximum atomic E-state index is 4.58. The van der Waals surface area contributed by atoms with Gasteiger partial charge in [0.25, 0.3) is 0 Å². The summed E-state index contributed by atoms with van der Waals surface area (Å²) in [6.45, 7) is 10.4. The summed E-state index contributed by atoms with van der Waals surface area (Å²) < 4.78 is 2.03. The van der Waals surface area contributed by atoms with Gasteiger partial charge in [0.1, 0.15) is 0 Å². The molecule has 1 aromatic heterocycles. The van der Waals surface area contributed by atoms with Crippen LogP contribution >= 0.6 is 0 Å². The van der Waals surface area contributed by atoms with Crippen molar-refractivity contribution in [2.75, 3.05) is 6.54 Å². The van der Waals surface area contributed by atoms with Crippen molar-refractivity contribution in [3.8, 4) is 11.1 Å². The molecule has 0 aliphatic carbocycles. The van der Waals surface area contributed by atoms with Crippen LogP contribution in [0, 0.1) is 6.92 Å². The molecule has 0 aliphatic heterocycles. The smallest absolute Gasteiger partial charge is 0.0672 e. The average molecular weight is 257 g/mol. The van der Waals surface area contributed by atoms with Crippen molar-refractivity contribution < 1.29 is 0 Å². The molecule has 0 aliphatic rings. The number of aryl methyl sites for hydroxylation is 1. The van der Waals surface area contributed by atoms with Gasteiger partial charge in [-0.3, -0.25) is 4.68 Å². The minimum atomic E-state index is 0.400. The summed E-state index contributed by atoms with van der Waals surface area (Å²) in [5.74, 6) is 0. The maximum absolute atomic E-state index is 4.58. The van der Waals surface area contributed by atoms with Crippen LogP contribution in [0.1, 0.15) is 38.1 Å². The van der Waals surface area contributed by atoms with Crippen molar-refractivity contribution in [1.29, 1.82) is 0 Å². The van der Waals surface area contributed by atoms with Gasteiger partial charge in [-0.25, -0.2) is 0 Å². The fourth-order valence-corrected chi connectivity index (χ4v) is 2.15. The van der Waals surface area contributed by atoms with Crippen LogP contribution in [-0.2, 0) is 6.54 Å². The van der Waals surface area contributed by atoms with Gasteiger partial charge in [-0.05, 0) is 44.5 Å². The molecule has 0 fully saturated rings. The summed E-state index contributed by atoms with van der Waals surface area (Å²) in [5, 5.41) is 7.94. The SMILES string of the molecule is CCNCc1cccc(-c2cn(C(C)C)nc2C)c1. The minimum Gasteiger partial charge on any atom is -0.313 e. The van der Waals surface area contributed by atoms with Crippen molar-refractivity contribution in [1.82, 2.24) is 15.1 Å². The Balaban J connectivity index is 2.30. The van der Waals surface area contributed by atoms with Crippen molar-refractivity contribution in [2.24, 2.45) is 0 Å². The van der Waals surface area contributed by atoms with Gasteiger partial charge < -0.3 is 5.32 Å². The number of nitrogens with one attached hydrogen (secondary N) is 1. The van der Waals surface area contributed by atoms with E-state index in [-0.39, 0.29) is 0 Å². The number of nitrogens with zero attached hydrogens (tertiary/aromatic N) is 2. The van der Waals surface area contributed by atoms with E-state index in [9.17, 15) is 0 Å². The maximum Gasteiger partial charge on any atom is 0.0672 e. The van der Waals surface area contributed by atoms with Gasteiger partial charge >= 0.3 is 0 Å². The molecule has 0 radical (unpaired) electrons. The van der Waals surface area contributed by atoms with Crippen molar-refractivity contribution in [3.63, 3.8) is 0 Å². The zero-order valence-corrected chi connectivity index (χ0v) is 12.3. The lowest BCUT2D eigenvalue weighted by molar-refractivity contribution is 0.529. The molecular weight excluding hydrogens is 234 g/mol. The number of benzene rings is 1. The van der Waals surface area contributed by atoms with Crippen LogP contribution in [0.2, 0.25) is 0 Å². The van der Waals surface area contributed by atoms with Gasteiger partial charge in [0.05, 0.1) is 5.69 Å². The van der Waals surface area contributed by atoms with Gasteiger partial charge in [-0.2, -0.15) is 5.10 Å². The summed E-state index contributed by atoms with van der Waals surface area (Å²) in [5.41, 5.74) is 4.89. The van der Waals surface area contributed by atoms with Crippen molar-refractivity contribution in [3.05, 3.63) is 41.7 Å². The van der Waals surface area contributed by atoms with Crippen LogP contribution in [0.5, 0.6) is 0 Å². The van der Waals surface area contributed by atoms with Crippen LogP contribution < -0.4 is 5.32 Å². The van der Waals surface area contributed by atoms with E-state index < -0.39 is 0 Å². The number of rotatable bonds is 5. The first-order valence-electron chi connectivity index (χ1n) is 6.97. The van der Waals surface area contributed by atoms with Crippen LogP contribution in [0.3, 0.4) is 0 Å². The van der Waals surface area contributed by atoms with Gasteiger partial charge in [0.15, 0.2) is 0 Å². The van der Waals surface area contributed by atoms with Gasteiger partial charge in [0, 0.05) is 24.3 Å². The third kappa shape index (κ3) is 3.24. The molecule has 0 atom stereocenters. The molecule has 102 valence electrons. The molecule has 0 spiro atoms. The molecule has 1 N–H and O–H groups in total. The Hall–Kier alpha value is -1.61. The fourth-order valence-electron chi connectivity index (χ4n) is 2.15. The molecule has 0 saturated carbocycles. The predicted molar refractivity (Wildman–Crippen MR) is 80.2 cm³/mol. The lowest BCUT2D eigenvalue weighted by Crippen LogP contribution is -2.11. The van der Waals surface area contributed by atoms with Gasteiger partial charge in [-0.15, -0.1) is 0 Å². The summed E-state index contributed by atoms with van der Waals surface area (Å²) in [6.07, 6.45) is 2.15. The zero-order chi connectivity index (χ0) is 13.8. The Kier molecular flexibility index (Phi) is 4.38. The molecule has 0 unspecified atom stereocenters. The summed E-state index contributed by atoms with van der Waals surface area (Å²) in [7, 11) is 0. The molecule has 0 saturated heterocycles. The first-order chi connectivity index (χ1) is 9.11. The molecule has 2 aromatic rings. The number of hydrogen-bond donors (Lipinski definition) is 1. The Labute approximate surface area is 115 Å². The summed E-state index contributed by atoms with van der Waals surface area (Å²) in [4.78, 5) is 0. The minimum absolute atomic E-state index is 0.400. The second-order valence-electron chi connectivity index (χ2n) is 5.18. The second-order valence-corrected chi connectivity index (χ2v) is 5.18. The Morgan fingerprint density at radius 3 is 2.74 bits per heavy atom. The van der Waals surface area contributed by atoms with Gasteiger partial charge in [0.2, 0.25) is 0 Å². The lowest BCUT2D eigenvalue weighted by Gasteiger charge is -2.05. The normalized spacial score (nSPS) is 11.2. The van der Waals surface area contributed by atoms with Crippen LogP contribution in [0.4, 0.5) is 0 Å². The molecule has 1 heterocycles. The third-order valence-electron chi connectivity index (χ3n) is 3.26. The van der Waals surface area contributed by atoms with Crippen LogP contribution in [0.15, 0.2) is 30.5 Å². The largest absolute Gasteiger partial charge is 0.313 e. The van der Waals surface area contributed by atoms with E-state index in [0.29, 0.717) is 6.04 Å². The summed E-state index contributed by atoms with van der Waals surface area (Å²) >= 11 is 0. The Morgan fingerprint density at radius 1 is 1.32 bits per heavy atom. The van der Waals surface area contributed by atoms with Crippen LogP contribution in [0.25, 0.3) is 11.1 Å². The molecule has 0 amide bonds. The van der Waals surface area contributed by atoms with E-state index in [1.165, 1.54) is 16.7 Å². The zero-order valence-electron chi connectivity index (χ0n) is 12.3. The first kappa shape index (κ1) is 13.8. The van der Waals surface area contributed by atoms with Crippen molar-refractivity contribution >= 4 is 0 Å². The standard InChI is InChI=1S/C16H23N3/c1-5-17-10-14-7-6-8-15(9-14)16-11-19(12(2)3)18-13(16)4/h6-9,11-12,17H,5,10H2,1-4H3. The highest BCUT2D eigenvalue weighted by atomic mass is 15.3. The second kappa shape index (κ2) is 6.02. The predicted octanol–water partition coefficient (Wildman–Crippen LogP) is 3.55. The fraction of sp³-hybridized carbons (Fsp3) is 0.438. The van der Waals surface area contributed by atoms with Crippen molar-refractivity contribution in [2.45, 2.75) is 40.3 Å². The van der Waals surface area contributed by atoms with E-state index in [1.54, 1.807) is 0 Å². The highest BCUT2D eigenvalue weighted by molar-refractivity contribution is 5.65. The average Bonchev–Trinajstić information content (AvgIpc) is 2.79. The molecule has 2 rings (SSSR count). The Bertz CT molecular complexity index is 541. The molecule has 0 bridgehead atoms. The van der Waals surface area contributed by atoms with E-state index in [4.69, 9.17) is 0 Å². The first-order valence-corrected chi connectivity index (χ1v) is 6.97. The molecule has 1 aromatic carbocycles. The lowest BCUT2D eigenvalue weighted by atomic mass is 10.0. The molecule has 3 heteroatoms. The number of hydrogen-bond acceptors (Lipinski definition) is 2. The monoisotopic (exact) mass is 257 g/mol. The van der Waals surface area contributed by atoms with E-state index >= 15 is 0 Å². The topological polar surface area (TPSA) is 29.9 Å². The summed E-state index contributed by atoms with van der Waals surface area (Å²) in [6, 6.07) is 9.08. The van der Waals surface area contributed by atoms with E-state index in [0.717, 1.165) is 18.8 Å². The van der Waals surface area contributed by atoms with E-state index in [2.05, 4.69) is 68.6 Å². The quantitative estimate of drug-likeness (QED) is 0.887. The van der Waals surface area contributed by atoms with E-state index in [1.807, 2.05) is 4.68 Å². The van der Waals surface area contributed by atoms with Gasteiger partial charge in [-0.1, -0.05) is 25.1 Å². The molecule has 19 heavy (non-hydrogen) atoms.